The molecule has 0 radical (unpaired) electrons. The van der Waals surface area contributed by atoms with Gasteiger partial charge in [-0.25, -0.2) is 0 Å². The molecule has 3 heterocycles. The molecule has 10 heteroatoms. The topological polar surface area (TPSA) is 81.4 Å². The molecule has 0 aromatic carbocycles. The third-order valence-corrected chi connectivity index (χ3v) is 3.26. The van der Waals surface area contributed by atoms with Crippen LogP contribution in [0.4, 0.5) is 13.2 Å². The molecule has 3 aromatic rings. The lowest BCUT2D eigenvalue weighted by atomic mass is 10.2. The lowest BCUT2D eigenvalue weighted by molar-refractivity contribution is -0.137. The van der Waals surface area contributed by atoms with Gasteiger partial charge in [0.2, 0.25) is 0 Å². The maximum atomic E-state index is 12.7. The van der Waals surface area contributed by atoms with Crippen LogP contribution in [0.3, 0.4) is 0 Å². The van der Waals surface area contributed by atoms with Gasteiger partial charge in [-0.15, -0.1) is 10.2 Å². The quantitative estimate of drug-likeness (QED) is 0.759. The largest absolute Gasteiger partial charge is 0.482 e. The predicted molar refractivity (Wildman–Crippen MR) is 79.6 cm³/mol. The summed E-state index contributed by atoms with van der Waals surface area (Å²) < 4.78 is 44.6. The summed E-state index contributed by atoms with van der Waals surface area (Å²) in [6, 6.07) is 5.15. The molecular weight excluding hydrogens is 339 g/mol. The molecule has 3 rings (SSSR count). The molecule has 0 unspecified atom stereocenters. The first kappa shape index (κ1) is 16.7. The number of carbonyl (C=O) groups excluding carboxylic acids is 1. The fourth-order valence-electron chi connectivity index (χ4n) is 2.05. The molecule has 0 atom stereocenters. The Morgan fingerprint density at radius 2 is 2.12 bits per heavy atom. The second-order valence-corrected chi connectivity index (χ2v) is 5.01. The standard InChI is InChI=1S/C15H12F3N5O2/c16-15(17,18)10-3-5-23-12(6-10)21-22-13(23)8-20-14(24)9-25-11-2-1-4-19-7-11/h1-7H,8-9H2,(H,20,24). The average molecular weight is 351 g/mol. The first-order valence-corrected chi connectivity index (χ1v) is 7.14. The zero-order chi connectivity index (χ0) is 17.9. The van der Waals surface area contributed by atoms with Crippen LogP contribution in [0.2, 0.25) is 0 Å². The second-order valence-electron chi connectivity index (χ2n) is 5.01. The van der Waals surface area contributed by atoms with E-state index in [4.69, 9.17) is 4.74 Å². The van der Waals surface area contributed by atoms with Gasteiger partial charge in [-0.05, 0) is 24.3 Å². The molecule has 0 fully saturated rings. The summed E-state index contributed by atoms with van der Waals surface area (Å²) in [5.74, 6) is 0.344. The highest BCUT2D eigenvalue weighted by Crippen LogP contribution is 2.29. The van der Waals surface area contributed by atoms with Gasteiger partial charge in [-0.3, -0.25) is 14.2 Å². The molecule has 7 nitrogen and oxygen atoms in total. The summed E-state index contributed by atoms with van der Waals surface area (Å²) in [6.45, 7) is -0.220. The molecule has 1 amide bonds. The summed E-state index contributed by atoms with van der Waals surface area (Å²) in [5, 5.41) is 10.0. The van der Waals surface area contributed by atoms with Crippen LogP contribution in [-0.4, -0.2) is 32.1 Å². The van der Waals surface area contributed by atoms with E-state index in [0.717, 1.165) is 12.1 Å². The lowest BCUT2D eigenvalue weighted by Crippen LogP contribution is -2.29. The summed E-state index contributed by atoms with van der Waals surface area (Å²) >= 11 is 0. The van der Waals surface area contributed by atoms with E-state index in [2.05, 4.69) is 20.5 Å². The van der Waals surface area contributed by atoms with Gasteiger partial charge >= 0.3 is 6.18 Å². The van der Waals surface area contributed by atoms with Crippen LogP contribution in [0.15, 0.2) is 42.9 Å². The number of nitrogens with zero attached hydrogens (tertiary/aromatic N) is 4. The van der Waals surface area contributed by atoms with Crippen LogP contribution in [0.5, 0.6) is 5.75 Å². The summed E-state index contributed by atoms with van der Waals surface area (Å²) in [4.78, 5) is 15.6. The van der Waals surface area contributed by atoms with E-state index in [0.29, 0.717) is 11.6 Å². The number of carbonyl (C=O) groups is 1. The Bertz CT molecular complexity index is 880. The van der Waals surface area contributed by atoms with Gasteiger partial charge in [0.15, 0.2) is 18.1 Å². The molecule has 0 aliphatic heterocycles. The molecule has 0 bridgehead atoms. The van der Waals surface area contributed by atoms with Gasteiger partial charge in [0, 0.05) is 12.4 Å². The fourth-order valence-corrected chi connectivity index (χ4v) is 2.05. The molecule has 3 aromatic heterocycles. The molecule has 25 heavy (non-hydrogen) atoms. The number of nitrogens with one attached hydrogen (secondary N) is 1. The van der Waals surface area contributed by atoms with E-state index in [-0.39, 0.29) is 18.8 Å². The average Bonchev–Trinajstić information content (AvgIpc) is 3.00. The van der Waals surface area contributed by atoms with Crippen molar-refractivity contribution in [3.8, 4) is 5.75 Å². The van der Waals surface area contributed by atoms with Crippen LogP contribution in [-0.2, 0) is 17.5 Å². The summed E-state index contributed by atoms with van der Waals surface area (Å²) in [5.41, 5.74) is -0.765. The Balaban J connectivity index is 1.60. The van der Waals surface area contributed by atoms with E-state index in [1.54, 1.807) is 18.3 Å². The third-order valence-electron chi connectivity index (χ3n) is 3.26. The van der Waals surface area contributed by atoms with Crippen molar-refractivity contribution in [2.24, 2.45) is 0 Å². The van der Waals surface area contributed by atoms with E-state index in [1.807, 2.05) is 0 Å². The molecule has 0 spiro atoms. The SMILES string of the molecule is O=C(COc1cccnc1)NCc1nnc2cc(C(F)(F)F)ccn12. The molecule has 0 aliphatic rings. The number of aromatic nitrogens is 4. The van der Waals surface area contributed by atoms with Crippen molar-refractivity contribution < 1.29 is 22.7 Å². The monoisotopic (exact) mass is 351 g/mol. The smallest absolute Gasteiger partial charge is 0.416 e. The van der Waals surface area contributed by atoms with E-state index in [1.165, 1.54) is 16.8 Å². The van der Waals surface area contributed by atoms with Gasteiger partial charge in [-0.2, -0.15) is 13.2 Å². The van der Waals surface area contributed by atoms with Gasteiger partial charge in [0.25, 0.3) is 5.91 Å². The number of amides is 1. The maximum absolute atomic E-state index is 12.7. The van der Waals surface area contributed by atoms with Crippen molar-refractivity contribution in [1.29, 1.82) is 0 Å². The van der Waals surface area contributed by atoms with Crippen LogP contribution in [0.1, 0.15) is 11.4 Å². The minimum atomic E-state index is -4.45. The van der Waals surface area contributed by atoms with Crippen molar-refractivity contribution >= 4 is 11.6 Å². The van der Waals surface area contributed by atoms with Gasteiger partial charge in [0.1, 0.15) is 5.75 Å². The summed E-state index contributed by atoms with van der Waals surface area (Å²) in [6.07, 6.45) is -0.192. The molecule has 0 saturated heterocycles. The van der Waals surface area contributed by atoms with Crippen LogP contribution < -0.4 is 10.1 Å². The zero-order valence-corrected chi connectivity index (χ0v) is 12.7. The third kappa shape index (κ3) is 4.03. The van der Waals surface area contributed by atoms with Crippen molar-refractivity contribution in [1.82, 2.24) is 24.9 Å². The second kappa shape index (κ2) is 6.75. The van der Waals surface area contributed by atoms with Crippen LogP contribution in [0, 0.1) is 0 Å². The normalized spacial score (nSPS) is 11.5. The number of halogens is 3. The van der Waals surface area contributed by atoms with E-state index < -0.39 is 17.6 Å². The Labute approximate surface area is 139 Å². The van der Waals surface area contributed by atoms with Crippen molar-refractivity contribution in [2.75, 3.05) is 6.61 Å². The van der Waals surface area contributed by atoms with Crippen LogP contribution >= 0.6 is 0 Å². The van der Waals surface area contributed by atoms with E-state index >= 15 is 0 Å². The number of rotatable bonds is 5. The van der Waals surface area contributed by atoms with Gasteiger partial charge in [-0.1, -0.05) is 0 Å². The van der Waals surface area contributed by atoms with Crippen molar-refractivity contribution in [3.05, 3.63) is 54.2 Å². The maximum Gasteiger partial charge on any atom is 0.416 e. The lowest BCUT2D eigenvalue weighted by Gasteiger charge is -2.08. The highest BCUT2D eigenvalue weighted by atomic mass is 19.4. The van der Waals surface area contributed by atoms with Crippen molar-refractivity contribution in [2.45, 2.75) is 12.7 Å². The zero-order valence-electron chi connectivity index (χ0n) is 12.7. The summed E-state index contributed by atoms with van der Waals surface area (Å²) in [7, 11) is 0. The minimum Gasteiger partial charge on any atom is -0.482 e. The van der Waals surface area contributed by atoms with E-state index in [9.17, 15) is 18.0 Å². The van der Waals surface area contributed by atoms with Gasteiger partial charge < -0.3 is 10.1 Å². The predicted octanol–water partition coefficient (Wildman–Crippen LogP) is 1.84. The Morgan fingerprint density at radius 1 is 1.28 bits per heavy atom. The molecule has 130 valence electrons. The highest BCUT2D eigenvalue weighted by Gasteiger charge is 2.31. The number of ether oxygens (including phenoxy) is 1. The minimum absolute atomic E-state index is 0.00175. The Kier molecular flexibility index (Phi) is 4.50. The number of pyridine rings is 2. The Hall–Kier alpha value is -3.17. The molecule has 0 aliphatic carbocycles. The van der Waals surface area contributed by atoms with Gasteiger partial charge in [0.05, 0.1) is 18.3 Å². The number of hydrogen-bond donors (Lipinski definition) is 1. The molecule has 1 N–H and O–H groups in total. The highest BCUT2D eigenvalue weighted by molar-refractivity contribution is 5.77. The number of alkyl halides is 3. The molecule has 0 saturated carbocycles. The number of hydrogen-bond acceptors (Lipinski definition) is 5. The fraction of sp³-hybridized carbons (Fsp3) is 0.200. The molecular formula is C15H12F3N5O2. The van der Waals surface area contributed by atoms with Crippen molar-refractivity contribution in [3.63, 3.8) is 0 Å². The first-order valence-electron chi connectivity index (χ1n) is 7.14. The first-order chi connectivity index (χ1) is 11.9. The Morgan fingerprint density at radius 3 is 2.84 bits per heavy atom. The number of fused-ring (bicyclic) bond motifs is 1. The van der Waals surface area contributed by atoms with Crippen LogP contribution in [0.25, 0.3) is 5.65 Å².